The zero-order valence-corrected chi connectivity index (χ0v) is 12.4. The molecule has 0 saturated heterocycles. The Hall–Kier alpha value is -1.82. The molecule has 0 unspecified atom stereocenters. The van der Waals surface area contributed by atoms with E-state index in [1.807, 2.05) is 19.2 Å². The van der Waals surface area contributed by atoms with Crippen LogP contribution in [0.4, 0.5) is 5.69 Å². The SMILES string of the molecule is CN(CC1(N(C)C)CCC1)c1cccnc1/C(N)=N/O. The Labute approximate surface area is 119 Å². The second kappa shape index (κ2) is 5.66. The highest BCUT2D eigenvalue weighted by Crippen LogP contribution is 2.37. The monoisotopic (exact) mass is 277 g/mol. The zero-order chi connectivity index (χ0) is 14.8. The number of amidine groups is 1. The molecule has 0 spiro atoms. The van der Waals surface area contributed by atoms with Crippen LogP contribution in [-0.2, 0) is 0 Å². The summed E-state index contributed by atoms with van der Waals surface area (Å²) in [5, 5.41) is 11.9. The van der Waals surface area contributed by atoms with Gasteiger partial charge in [0.25, 0.3) is 0 Å². The normalized spacial score (nSPS) is 17.9. The summed E-state index contributed by atoms with van der Waals surface area (Å²) in [4.78, 5) is 8.65. The van der Waals surface area contributed by atoms with Gasteiger partial charge < -0.3 is 20.7 Å². The first-order valence-corrected chi connectivity index (χ1v) is 6.82. The van der Waals surface area contributed by atoms with Gasteiger partial charge in [0.1, 0.15) is 5.69 Å². The Bertz CT molecular complexity index is 496. The summed E-state index contributed by atoms with van der Waals surface area (Å²) >= 11 is 0. The molecule has 0 bridgehead atoms. The van der Waals surface area contributed by atoms with E-state index in [0.717, 1.165) is 12.2 Å². The summed E-state index contributed by atoms with van der Waals surface area (Å²) in [5.74, 6) is 0.0416. The Morgan fingerprint density at radius 3 is 2.65 bits per heavy atom. The molecule has 3 N–H and O–H groups in total. The van der Waals surface area contributed by atoms with Crippen molar-refractivity contribution in [1.29, 1.82) is 0 Å². The van der Waals surface area contributed by atoms with E-state index in [0.29, 0.717) is 5.69 Å². The van der Waals surface area contributed by atoms with Crippen molar-refractivity contribution in [3.05, 3.63) is 24.0 Å². The number of nitrogens with two attached hydrogens (primary N) is 1. The van der Waals surface area contributed by atoms with E-state index in [9.17, 15) is 0 Å². The van der Waals surface area contributed by atoms with Crippen LogP contribution in [-0.4, -0.2) is 54.2 Å². The number of hydrogen-bond donors (Lipinski definition) is 2. The van der Waals surface area contributed by atoms with Gasteiger partial charge in [-0.1, -0.05) is 5.16 Å². The number of oxime groups is 1. The maximum atomic E-state index is 8.87. The second-order valence-electron chi connectivity index (χ2n) is 5.68. The van der Waals surface area contributed by atoms with Crippen LogP contribution in [0.5, 0.6) is 0 Å². The average molecular weight is 277 g/mol. The first-order chi connectivity index (χ1) is 9.50. The highest BCUT2D eigenvalue weighted by atomic mass is 16.4. The summed E-state index contributed by atoms with van der Waals surface area (Å²) in [6.45, 7) is 0.900. The maximum absolute atomic E-state index is 8.87. The molecule has 0 atom stereocenters. The molecule has 0 radical (unpaired) electrons. The van der Waals surface area contributed by atoms with Crippen molar-refractivity contribution >= 4 is 11.5 Å². The average Bonchev–Trinajstić information content (AvgIpc) is 2.41. The molecule has 6 nitrogen and oxygen atoms in total. The summed E-state index contributed by atoms with van der Waals surface area (Å²) < 4.78 is 0. The molecule has 1 saturated carbocycles. The largest absolute Gasteiger partial charge is 0.409 e. The molecule has 0 aliphatic heterocycles. The topological polar surface area (TPSA) is 78.0 Å². The number of rotatable bonds is 5. The second-order valence-corrected chi connectivity index (χ2v) is 5.68. The van der Waals surface area contributed by atoms with Crippen LogP contribution >= 0.6 is 0 Å². The molecule has 0 aromatic carbocycles. The lowest BCUT2D eigenvalue weighted by atomic mass is 9.75. The molecule has 2 rings (SSSR count). The highest BCUT2D eigenvalue weighted by molar-refractivity contribution is 6.00. The summed E-state index contributed by atoms with van der Waals surface area (Å²) in [7, 11) is 6.27. The third-order valence-corrected chi connectivity index (χ3v) is 4.31. The van der Waals surface area contributed by atoms with Gasteiger partial charge in [0, 0.05) is 25.3 Å². The van der Waals surface area contributed by atoms with Crippen LogP contribution in [0.2, 0.25) is 0 Å². The Balaban J connectivity index is 2.23. The van der Waals surface area contributed by atoms with E-state index in [1.165, 1.54) is 19.3 Å². The fourth-order valence-corrected chi connectivity index (χ4v) is 2.81. The Kier molecular flexibility index (Phi) is 4.13. The lowest BCUT2D eigenvalue weighted by Crippen LogP contribution is -2.57. The van der Waals surface area contributed by atoms with E-state index in [4.69, 9.17) is 10.9 Å². The highest BCUT2D eigenvalue weighted by Gasteiger charge is 2.40. The van der Waals surface area contributed by atoms with Crippen molar-refractivity contribution < 1.29 is 5.21 Å². The van der Waals surface area contributed by atoms with Crippen LogP contribution < -0.4 is 10.6 Å². The molecule has 1 aromatic rings. The van der Waals surface area contributed by atoms with Crippen LogP contribution in [0.15, 0.2) is 23.5 Å². The fourth-order valence-electron chi connectivity index (χ4n) is 2.81. The molecular weight excluding hydrogens is 254 g/mol. The number of pyridine rings is 1. The van der Waals surface area contributed by atoms with Crippen molar-refractivity contribution in [3.63, 3.8) is 0 Å². The molecule has 1 aromatic heterocycles. The van der Waals surface area contributed by atoms with Crippen molar-refractivity contribution in [1.82, 2.24) is 9.88 Å². The standard InChI is InChI=1S/C14H23N5O/c1-18(2)14(7-5-8-14)10-19(3)11-6-4-9-16-12(11)13(15)17-20/h4,6,9,20H,5,7-8,10H2,1-3H3,(H2,15,17). The Morgan fingerprint density at radius 2 is 2.15 bits per heavy atom. The first-order valence-electron chi connectivity index (χ1n) is 6.82. The number of nitrogens with zero attached hydrogens (tertiary/aromatic N) is 4. The number of hydrogen-bond acceptors (Lipinski definition) is 5. The van der Waals surface area contributed by atoms with Gasteiger partial charge in [-0.15, -0.1) is 0 Å². The van der Waals surface area contributed by atoms with E-state index < -0.39 is 0 Å². The minimum atomic E-state index is 0.0416. The predicted molar refractivity (Wildman–Crippen MR) is 80.3 cm³/mol. The fraction of sp³-hybridized carbons (Fsp3) is 0.571. The van der Waals surface area contributed by atoms with Crippen LogP contribution in [0, 0.1) is 0 Å². The number of anilines is 1. The summed E-state index contributed by atoms with van der Waals surface area (Å²) in [5.41, 5.74) is 7.32. The van der Waals surface area contributed by atoms with E-state index in [-0.39, 0.29) is 11.4 Å². The molecule has 0 amide bonds. The van der Waals surface area contributed by atoms with Crippen LogP contribution in [0.3, 0.4) is 0 Å². The smallest absolute Gasteiger partial charge is 0.190 e. The van der Waals surface area contributed by atoms with Crippen molar-refractivity contribution in [3.8, 4) is 0 Å². The third-order valence-electron chi connectivity index (χ3n) is 4.31. The van der Waals surface area contributed by atoms with Gasteiger partial charge in [-0.25, -0.2) is 0 Å². The van der Waals surface area contributed by atoms with E-state index >= 15 is 0 Å². The van der Waals surface area contributed by atoms with Gasteiger partial charge in [0.05, 0.1) is 5.69 Å². The van der Waals surface area contributed by atoms with Gasteiger partial charge in [-0.05, 0) is 45.5 Å². The number of likely N-dealkylation sites (N-methyl/N-ethyl adjacent to an activating group) is 2. The third kappa shape index (κ3) is 2.56. The van der Waals surface area contributed by atoms with Crippen molar-refractivity contribution in [2.45, 2.75) is 24.8 Å². The van der Waals surface area contributed by atoms with E-state index in [1.54, 1.807) is 6.20 Å². The number of aromatic nitrogens is 1. The van der Waals surface area contributed by atoms with Gasteiger partial charge in [-0.2, -0.15) is 0 Å². The quantitative estimate of drug-likeness (QED) is 0.365. The lowest BCUT2D eigenvalue weighted by molar-refractivity contribution is 0.0683. The lowest BCUT2D eigenvalue weighted by Gasteiger charge is -2.49. The molecule has 1 aliphatic carbocycles. The molecule has 1 aliphatic rings. The van der Waals surface area contributed by atoms with Gasteiger partial charge in [0.15, 0.2) is 5.84 Å². The van der Waals surface area contributed by atoms with Crippen LogP contribution in [0.25, 0.3) is 0 Å². The minimum Gasteiger partial charge on any atom is -0.409 e. The van der Waals surface area contributed by atoms with Gasteiger partial charge in [-0.3, -0.25) is 4.98 Å². The van der Waals surface area contributed by atoms with Crippen molar-refractivity contribution in [2.24, 2.45) is 10.9 Å². The van der Waals surface area contributed by atoms with Gasteiger partial charge in [0.2, 0.25) is 0 Å². The Morgan fingerprint density at radius 1 is 1.45 bits per heavy atom. The first kappa shape index (κ1) is 14.6. The predicted octanol–water partition coefficient (Wildman–Crippen LogP) is 1.10. The molecule has 110 valence electrons. The summed E-state index contributed by atoms with van der Waals surface area (Å²) in [6.07, 6.45) is 5.31. The molecule has 20 heavy (non-hydrogen) atoms. The van der Waals surface area contributed by atoms with Gasteiger partial charge >= 0.3 is 0 Å². The maximum Gasteiger partial charge on any atom is 0.190 e. The molecule has 6 heteroatoms. The molecule has 1 heterocycles. The minimum absolute atomic E-state index is 0.0416. The van der Waals surface area contributed by atoms with E-state index in [2.05, 4.69) is 34.0 Å². The molecule has 1 fully saturated rings. The van der Waals surface area contributed by atoms with Crippen LogP contribution in [0.1, 0.15) is 25.0 Å². The summed E-state index contributed by atoms with van der Waals surface area (Å²) in [6, 6.07) is 3.81. The zero-order valence-electron chi connectivity index (χ0n) is 12.4. The van der Waals surface area contributed by atoms with Crippen molar-refractivity contribution in [2.75, 3.05) is 32.6 Å². The molecular formula is C14H23N5O.